The first-order valence-electron chi connectivity index (χ1n) is 11.6. The van der Waals surface area contributed by atoms with E-state index >= 15 is 0 Å². The van der Waals surface area contributed by atoms with Gasteiger partial charge in [-0.05, 0) is 41.3 Å². The highest BCUT2D eigenvalue weighted by Gasteiger charge is 2.39. The predicted octanol–water partition coefficient (Wildman–Crippen LogP) is 5.62. The Bertz CT molecular complexity index is 1350. The van der Waals surface area contributed by atoms with Gasteiger partial charge in [-0.3, -0.25) is 4.79 Å². The van der Waals surface area contributed by atoms with Gasteiger partial charge in [-0.2, -0.15) is 5.10 Å². The van der Waals surface area contributed by atoms with Crippen LogP contribution in [0.1, 0.15) is 27.8 Å². The van der Waals surface area contributed by atoms with E-state index in [0.717, 1.165) is 11.1 Å². The summed E-state index contributed by atoms with van der Waals surface area (Å²) in [6, 6.07) is 28.8. The molecule has 0 aliphatic carbocycles. The molecule has 4 aromatic rings. The highest BCUT2D eigenvalue weighted by molar-refractivity contribution is 6.32. The van der Waals surface area contributed by atoms with E-state index in [2.05, 4.69) is 10.5 Å². The van der Waals surface area contributed by atoms with Crippen LogP contribution in [0.15, 0.2) is 102 Å². The van der Waals surface area contributed by atoms with Crippen LogP contribution in [0, 0.1) is 6.92 Å². The Morgan fingerprint density at radius 2 is 1.62 bits per heavy atom. The molecule has 0 aromatic heterocycles. The molecule has 0 fully saturated rings. The minimum atomic E-state index is -1.93. The number of halogens is 1. The van der Waals surface area contributed by atoms with Gasteiger partial charge in [-0.15, -0.1) is 0 Å². The van der Waals surface area contributed by atoms with Crippen molar-refractivity contribution in [3.8, 4) is 11.5 Å². The van der Waals surface area contributed by atoms with E-state index in [9.17, 15) is 9.90 Å². The van der Waals surface area contributed by atoms with Crippen LogP contribution in [0.25, 0.3) is 0 Å². The Hall–Kier alpha value is -4.13. The molecule has 0 aliphatic heterocycles. The summed E-state index contributed by atoms with van der Waals surface area (Å²) in [5.41, 5.74) is 4.10. The second-order valence-electron chi connectivity index (χ2n) is 8.45. The standard InChI is InChI=1S/C30H27ClN2O4/c1-21-10-9-11-22(16-21)20-37-28-26(31)17-23(18-27(28)36-2)19-32-33-29(34)30(35,24-12-5-3-6-13-24)25-14-7-4-8-15-25/h3-19,35H,20H2,1-2H3,(H,33,34)/b32-19-. The number of aryl methyl sites for hydroxylation is 1. The lowest BCUT2D eigenvalue weighted by Gasteiger charge is -2.27. The van der Waals surface area contributed by atoms with Crippen molar-refractivity contribution in [1.82, 2.24) is 5.43 Å². The molecule has 0 aliphatic rings. The van der Waals surface area contributed by atoms with Crippen molar-refractivity contribution in [3.05, 3.63) is 130 Å². The zero-order valence-corrected chi connectivity index (χ0v) is 21.3. The van der Waals surface area contributed by atoms with Crippen LogP contribution in [0.5, 0.6) is 11.5 Å². The third-order valence-corrected chi connectivity index (χ3v) is 6.09. The van der Waals surface area contributed by atoms with E-state index in [1.54, 1.807) is 60.7 Å². The topological polar surface area (TPSA) is 80.2 Å². The Morgan fingerprint density at radius 1 is 0.973 bits per heavy atom. The number of hydrazone groups is 1. The molecule has 0 saturated heterocycles. The summed E-state index contributed by atoms with van der Waals surface area (Å²) >= 11 is 6.49. The van der Waals surface area contributed by atoms with Crippen molar-refractivity contribution in [2.75, 3.05) is 7.11 Å². The second kappa shape index (κ2) is 11.7. The molecule has 7 heteroatoms. The predicted molar refractivity (Wildman–Crippen MR) is 145 cm³/mol. The fraction of sp³-hybridized carbons (Fsp3) is 0.133. The summed E-state index contributed by atoms with van der Waals surface area (Å²) in [6.45, 7) is 2.35. The summed E-state index contributed by atoms with van der Waals surface area (Å²) in [6.07, 6.45) is 1.42. The average Bonchev–Trinajstić information content (AvgIpc) is 2.92. The van der Waals surface area contributed by atoms with E-state index in [1.165, 1.54) is 13.3 Å². The third-order valence-electron chi connectivity index (χ3n) is 5.81. The zero-order valence-electron chi connectivity index (χ0n) is 20.5. The molecule has 0 atom stereocenters. The van der Waals surface area contributed by atoms with Crippen LogP contribution >= 0.6 is 11.6 Å². The number of nitrogens with zero attached hydrogens (tertiary/aromatic N) is 1. The van der Waals surface area contributed by atoms with Gasteiger partial charge in [0.05, 0.1) is 18.3 Å². The van der Waals surface area contributed by atoms with Crippen molar-refractivity contribution in [2.45, 2.75) is 19.1 Å². The van der Waals surface area contributed by atoms with Crippen molar-refractivity contribution >= 4 is 23.7 Å². The maximum Gasteiger partial charge on any atom is 0.281 e. The van der Waals surface area contributed by atoms with Gasteiger partial charge >= 0.3 is 0 Å². The van der Waals surface area contributed by atoms with Crippen LogP contribution in [0.4, 0.5) is 0 Å². The highest BCUT2D eigenvalue weighted by Crippen LogP contribution is 2.36. The number of hydrogen-bond donors (Lipinski definition) is 2. The maximum atomic E-state index is 13.2. The van der Waals surface area contributed by atoms with Gasteiger partial charge in [-0.1, -0.05) is 102 Å². The van der Waals surface area contributed by atoms with E-state index in [-0.39, 0.29) is 0 Å². The average molecular weight is 515 g/mol. The van der Waals surface area contributed by atoms with Gasteiger partial charge in [0.1, 0.15) is 6.61 Å². The van der Waals surface area contributed by atoms with Gasteiger partial charge in [0.25, 0.3) is 5.91 Å². The molecular weight excluding hydrogens is 488 g/mol. The zero-order chi connectivity index (χ0) is 26.3. The molecule has 0 bridgehead atoms. The number of rotatable bonds is 9. The van der Waals surface area contributed by atoms with E-state index < -0.39 is 11.5 Å². The number of ether oxygens (including phenoxy) is 2. The number of benzene rings is 4. The molecule has 0 spiro atoms. The van der Waals surface area contributed by atoms with Crippen molar-refractivity contribution in [2.24, 2.45) is 5.10 Å². The lowest BCUT2D eigenvalue weighted by atomic mass is 9.85. The first-order chi connectivity index (χ1) is 17.9. The molecule has 2 N–H and O–H groups in total. The Morgan fingerprint density at radius 3 is 2.22 bits per heavy atom. The Balaban J connectivity index is 1.52. The first kappa shape index (κ1) is 25.9. The number of aliphatic hydroxyl groups is 1. The molecule has 1 amide bonds. The smallest absolute Gasteiger partial charge is 0.281 e. The molecule has 0 heterocycles. The molecule has 0 saturated carbocycles. The number of carbonyl (C=O) groups excluding carboxylic acids is 1. The summed E-state index contributed by atoms with van der Waals surface area (Å²) in [4.78, 5) is 13.2. The molecule has 6 nitrogen and oxygen atoms in total. The summed E-state index contributed by atoms with van der Waals surface area (Å²) < 4.78 is 11.4. The van der Waals surface area contributed by atoms with E-state index in [0.29, 0.717) is 39.8 Å². The second-order valence-corrected chi connectivity index (χ2v) is 8.86. The number of carbonyl (C=O) groups is 1. The number of methoxy groups -OCH3 is 1. The normalized spacial score (nSPS) is 11.4. The quantitative estimate of drug-likeness (QED) is 0.224. The van der Waals surface area contributed by atoms with E-state index in [1.807, 2.05) is 43.3 Å². The largest absolute Gasteiger partial charge is 0.493 e. The monoisotopic (exact) mass is 514 g/mol. The Kier molecular flexibility index (Phi) is 8.23. The first-order valence-corrected chi connectivity index (χ1v) is 12.0. The van der Waals surface area contributed by atoms with Crippen LogP contribution in [0.3, 0.4) is 0 Å². The highest BCUT2D eigenvalue weighted by atomic mass is 35.5. The fourth-order valence-corrected chi connectivity index (χ4v) is 4.22. The van der Waals surface area contributed by atoms with Crippen molar-refractivity contribution in [3.63, 3.8) is 0 Å². The van der Waals surface area contributed by atoms with Gasteiger partial charge in [0.2, 0.25) is 0 Å². The molecule has 4 aromatic carbocycles. The minimum absolute atomic E-state index is 0.332. The summed E-state index contributed by atoms with van der Waals surface area (Å²) in [5, 5.41) is 15.9. The summed E-state index contributed by atoms with van der Waals surface area (Å²) in [5.74, 6) is 0.143. The molecule has 188 valence electrons. The minimum Gasteiger partial charge on any atom is -0.493 e. The van der Waals surface area contributed by atoms with Crippen LogP contribution in [-0.4, -0.2) is 24.3 Å². The van der Waals surface area contributed by atoms with E-state index in [4.69, 9.17) is 21.1 Å². The van der Waals surface area contributed by atoms with Crippen molar-refractivity contribution in [1.29, 1.82) is 0 Å². The molecule has 4 rings (SSSR count). The molecule has 37 heavy (non-hydrogen) atoms. The van der Waals surface area contributed by atoms with Crippen molar-refractivity contribution < 1.29 is 19.4 Å². The van der Waals surface area contributed by atoms with Gasteiger partial charge in [0.15, 0.2) is 17.1 Å². The summed E-state index contributed by atoms with van der Waals surface area (Å²) in [7, 11) is 1.52. The molecule has 0 radical (unpaired) electrons. The molecule has 0 unspecified atom stereocenters. The van der Waals surface area contributed by atoms with Gasteiger partial charge in [-0.25, -0.2) is 5.43 Å². The third kappa shape index (κ3) is 6.00. The number of amides is 1. The van der Waals surface area contributed by atoms with Gasteiger partial charge in [0, 0.05) is 0 Å². The Labute approximate surface area is 221 Å². The lowest BCUT2D eigenvalue weighted by Crippen LogP contribution is -2.43. The SMILES string of the molecule is COc1cc(/C=N\NC(=O)C(O)(c2ccccc2)c2ccccc2)cc(Cl)c1OCc1cccc(C)c1. The number of nitrogens with one attached hydrogen (secondary N) is 1. The number of hydrogen-bond acceptors (Lipinski definition) is 5. The van der Waals surface area contributed by atoms with Gasteiger partial charge < -0.3 is 14.6 Å². The maximum absolute atomic E-state index is 13.2. The molecular formula is C30H27ClN2O4. The lowest BCUT2D eigenvalue weighted by molar-refractivity contribution is -0.136. The van der Waals surface area contributed by atoms with Crippen LogP contribution < -0.4 is 14.9 Å². The van der Waals surface area contributed by atoms with Crippen LogP contribution in [-0.2, 0) is 17.0 Å². The van der Waals surface area contributed by atoms with Crippen LogP contribution in [0.2, 0.25) is 5.02 Å². The fourth-order valence-electron chi connectivity index (χ4n) is 3.95.